The Morgan fingerprint density at radius 2 is 0.826 bits per heavy atom. The van der Waals surface area contributed by atoms with Crippen LogP contribution >= 0.6 is 0 Å². The maximum absolute atomic E-state index is 14.8. The van der Waals surface area contributed by atoms with Gasteiger partial charge in [-0.2, -0.15) is 0 Å². The van der Waals surface area contributed by atoms with Crippen molar-refractivity contribution in [2.45, 2.75) is 133 Å². The number of phenols is 2. The van der Waals surface area contributed by atoms with E-state index in [0.717, 1.165) is 5.56 Å². The van der Waals surface area contributed by atoms with Crippen LogP contribution in [0.5, 0.6) is 11.5 Å². The lowest BCUT2D eigenvalue weighted by Crippen LogP contribution is -2.61. The van der Waals surface area contributed by atoms with Gasteiger partial charge < -0.3 is 51.5 Å². The number of hydrogen-bond donors (Lipinski definition) is 7. The van der Waals surface area contributed by atoms with Gasteiger partial charge in [0.1, 0.15) is 59.8 Å². The lowest BCUT2D eigenvalue weighted by Gasteiger charge is -2.33. The highest BCUT2D eigenvalue weighted by atomic mass is 16.3. The number of carbonyl (C=O) groups is 8. The monoisotopic (exact) mass is 948 g/mol. The van der Waals surface area contributed by atoms with Gasteiger partial charge in [0.15, 0.2) is 0 Å². The molecule has 18 nitrogen and oxygen atoms in total. The second-order valence-electron chi connectivity index (χ2n) is 19.1. The molecule has 0 aromatic heterocycles. The molecular weight excluding hydrogens is 885 g/mol. The van der Waals surface area contributed by atoms with Crippen molar-refractivity contribution in [3.8, 4) is 11.5 Å². The minimum Gasteiger partial charge on any atom is -0.508 e. The van der Waals surface area contributed by atoms with Gasteiger partial charge in [0.25, 0.3) is 0 Å². The number of benzene rings is 3. The molecule has 8 atom stereocenters. The van der Waals surface area contributed by atoms with Crippen molar-refractivity contribution in [1.82, 2.24) is 41.3 Å². The molecule has 4 fully saturated rings. The highest BCUT2D eigenvalue weighted by molar-refractivity contribution is 5.99. The van der Waals surface area contributed by atoms with Gasteiger partial charge in [0, 0.05) is 38.9 Å². The van der Waals surface area contributed by atoms with Crippen LogP contribution in [-0.4, -0.2) is 140 Å². The van der Waals surface area contributed by atoms with E-state index in [1.807, 2.05) is 44.2 Å². The molecule has 4 heterocycles. The van der Waals surface area contributed by atoms with Crippen molar-refractivity contribution in [1.29, 1.82) is 0 Å². The highest BCUT2D eigenvalue weighted by Crippen LogP contribution is 2.25. The molecule has 0 bridgehead atoms. The van der Waals surface area contributed by atoms with Crippen LogP contribution in [0.15, 0.2) is 78.9 Å². The lowest BCUT2D eigenvalue weighted by atomic mass is 9.99. The molecule has 0 aliphatic carbocycles. The lowest BCUT2D eigenvalue weighted by molar-refractivity contribution is -0.145. The molecule has 18 heteroatoms. The number of carbonyl (C=O) groups excluding carboxylic acids is 8. The van der Waals surface area contributed by atoms with Crippen LogP contribution in [0.3, 0.4) is 0 Å². The second-order valence-corrected chi connectivity index (χ2v) is 19.1. The molecule has 69 heavy (non-hydrogen) atoms. The van der Waals surface area contributed by atoms with E-state index in [9.17, 15) is 48.6 Å². The first-order valence-corrected chi connectivity index (χ1v) is 24.1. The number of fused-ring (bicyclic) bond motifs is 3. The average molecular weight is 949 g/mol. The van der Waals surface area contributed by atoms with Gasteiger partial charge in [-0.25, -0.2) is 0 Å². The summed E-state index contributed by atoms with van der Waals surface area (Å²) in [5, 5.41) is 34.3. The standard InChI is InChI=1S/C51H64N8O10/c1-30(2)26-37-45(63)55-39(29-34-17-21-36(61)22-18-34)50(68)58-24-9-14-43(58)47(65)54-38(27-33-15-19-35(60)20-16-33)44(62)52-31(3)49(67)57-23-7-12-41(57)48(66)56-40(28-32-10-5-4-6-11-32)51(69)59-25-8-13-42(59)46(64)53-37/h4-6,10-11,15-22,30-31,37-43,60-61H,7-9,12-14,23-29H2,1-3H3,(H,52,62)(H,53,64)(H,54,65)(H,55,63)(H,56,66)/t31-,37-,38-,39-,40-,41-,42-,43-/m0/s1. The van der Waals surface area contributed by atoms with Gasteiger partial charge in [0.05, 0.1) is 0 Å². The summed E-state index contributed by atoms with van der Waals surface area (Å²) >= 11 is 0. The van der Waals surface area contributed by atoms with E-state index in [0.29, 0.717) is 43.2 Å². The predicted octanol–water partition coefficient (Wildman–Crippen LogP) is 1.60. The Morgan fingerprint density at radius 1 is 0.464 bits per heavy atom. The fourth-order valence-corrected chi connectivity index (χ4v) is 9.91. The van der Waals surface area contributed by atoms with Crippen molar-refractivity contribution >= 4 is 47.3 Å². The number of rotatable bonds is 8. The van der Waals surface area contributed by atoms with E-state index in [1.54, 1.807) is 24.3 Å². The summed E-state index contributed by atoms with van der Waals surface area (Å²) < 4.78 is 0. The molecule has 0 saturated carbocycles. The van der Waals surface area contributed by atoms with Crippen LogP contribution in [0, 0.1) is 5.92 Å². The first-order valence-electron chi connectivity index (χ1n) is 24.1. The van der Waals surface area contributed by atoms with Crippen molar-refractivity contribution in [3.05, 3.63) is 95.6 Å². The molecule has 0 spiro atoms. The molecule has 0 unspecified atom stereocenters. The number of hydrogen-bond acceptors (Lipinski definition) is 10. The van der Waals surface area contributed by atoms with Gasteiger partial charge in [-0.05, 0) is 98.7 Å². The summed E-state index contributed by atoms with van der Waals surface area (Å²) in [5.41, 5.74) is 1.92. The second kappa shape index (κ2) is 22.4. The third-order valence-electron chi connectivity index (χ3n) is 13.5. The molecule has 8 amide bonds. The Labute approximate surface area is 401 Å². The van der Waals surface area contributed by atoms with Crippen molar-refractivity contribution in [2.75, 3.05) is 19.6 Å². The third-order valence-corrected chi connectivity index (χ3v) is 13.5. The predicted molar refractivity (Wildman–Crippen MR) is 253 cm³/mol. The first kappa shape index (κ1) is 49.9. The molecule has 7 rings (SSSR count). The molecule has 4 saturated heterocycles. The Kier molecular flexibility index (Phi) is 16.2. The fraction of sp³-hybridized carbons (Fsp3) is 0.490. The molecule has 368 valence electrons. The Morgan fingerprint density at radius 3 is 1.28 bits per heavy atom. The SMILES string of the molecule is CC(C)C[C@@H]1NC(=O)[C@@H]2CCCN2C(=O)[C@H](Cc2ccccc2)NC(=O)[C@@H]2CCCN2C(=O)[C@H](C)NC(=O)[C@H](Cc2ccc(O)cc2)NC(=O)[C@@H]2CCCN2C(=O)[C@H](Cc2ccc(O)cc2)NC1=O. The normalized spacial score (nSPS) is 26.9. The number of nitrogens with one attached hydrogen (secondary N) is 5. The number of amides is 8. The van der Waals surface area contributed by atoms with Crippen LogP contribution in [0.1, 0.15) is 82.4 Å². The average Bonchev–Trinajstić information content (AvgIpc) is 4.14. The number of aromatic hydroxyl groups is 2. The van der Waals surface area contributed by atoms with Crippen LogP contribution < -0.4 is 26.6 Å². The van der Waals surface area contributed by atoms with E-state index < -0.39 is 95.6 Å². The fourth-order valence-electron chi connectivity index (χ4n) is 9.91. The van der Waals surface area contributed by atoms with E-state index in [1.165, 1.54) is 45.9 Å². The first-order chi connectivity index (χ1) is 33.1. The van der Waals surface area contributed by atoms with Gasteiger partial charge in [0.2, 0.25) is 47.3 Å². The van der Waals surface area contributed by atoms with E-state index in [4.69, 9.17) is 0 Å². The molecule has 4 aliphatic heterocycles. The van der Waals surface area contributed by atoms with Gasteiger partial charge in [-0.3, -0.25) is 38.4 Å². The van der Waals surface area contributed by atoms with Crippen LogP contribution in [0.2, 0.25) is 0 Å². The van der Waals surface area contributed by atoms with Gasteiger partial charge in [-0.1, -0.05) is 68.4 Å². The van der Waals surface area contributed by atoms with Crippen LogP contribution in [-0.2, 0) is 57.6 Å². The van der Waals surface area contributed by atoms with E-state index in [-0.39, 0.29) is 69.2 Å². The van der Waals surface area contributed by atoms with Crippen molar-refractivity contribution in [2.24, 2.45) is 5.92 Å². The van der Waals surface area contributed by atoms with E-state index in [2.05, 4.69) is 26.6 Å². The van der Waals surface area contributed by atoms with Crippen LogP contribution in [0.4, 0.5) is 0 Å². The van der Waals surface area contributed by atoms with Gasteiger partial charge in [-0.15, -0.1) is 0 Å². The Bertz CT molecular complexity index is 2360. The topological polar surface area (TPSA) is 247 Å². The summed E-state index contributed by atoms with van der Waals surface area (Å²) in [5.74, 6) is -4.84. The minimum atomic E-state index is -1.26. The zero-order chi connectivity index (χ0) is 49.4. The molecular formula is C51H64N8O10. The molecule has 3 aromatic carbocycles. The highest BCUT2D eigenvalue weighted by Gasteiger charge is 2.44. The Balaban J connectivity index is 1.25. The zero-order valence-electron chi connectivity index (χ0n) is 39.4. The van der Waals surface area contributed by atoms with Gasteiger partial charge >= 0.3 is 0 Å². The van der Waals surface area contributed by atoms with E-state index >= 15 is 0 Å². The van der Waals surface area contributed by atoms with Crippen LogP contribution in [0.25, 0.3) is 0 Å². The minimum absolute atomic E-state index is 0.00286. The maximum atomic E-state index is 14.8. The summed E-state index contributed by atoms with van der Waals surface area (Å²) in [6, 6.07) is 12.4. The zero-order valence-corrected chi connectivity index (χ0v) is 39.4. The largest absolute Gasteiger partial charge is 0.508 e. The summed E-state index contributed by atoms with van der Waals surface area (Å²) in [7, 11) is 0. The number of nitrogens with zero attached hydrogens (tertiary/aromatic N) is 3. The molecule has 0 radical (unpaired) electrons. The van der Waals surface area contributed by atoms with Crippen molar-refractivity contribution in [3.63, 3.8) is 0 Å². The molecule has 3 aromatic rings. The smallest absolute Gasteiger partial charge is 0.246 e. The maximum Gasteiger partial charge on any atom is 0.246 e. The molecule has 4 aliphatic rings. The number of phenolic OH excluding ortho intramolecular Hbond substituents is 2. The quantitative estimate of drug-likeness (QED) is 0.172. The molecule has 7 N–H and O–H groups in total. The summed E-state index contributed by atoms with van der Waals surface area (Å²) in [6.07, 6.45) is 2.41. The summed E-state index contributed by atoms with van der Waals surface area (Å²) in [6.45, 7) is 5.84. The van der Waals surface area contributed by atoms with Crippen molar-refractivity contribution < 1.29 is 48.6 Å². The summed E-state index contributed by atoms with van der Waals surface area (Å²) in [4.78, 5) is 120. The Hall–Kier alpha value is -6.98. The third kappa shape index (κ3) is 12.4.